The molecule has 2 fully saturated rings. The highest BCUT2D eigenvalue weighted by atomic mass is 31.2. The van der Waals surface area contributed by atoms with Crippen LogP contribution in [0.1, 0.15) is 146 Å². The third kappa shape index (κ3) is 16.7. The molecule has 5 amide bonds. The molecule has 0 bridgehead atoms. The van der Waals surface area contributed by atoms with Gasteiger partial charge in [-0.1, -0.05) is 175 Å². The molecule has 95 heavy (non-hydrogen) atoms. The van der Waals surface area contributed by atoms with E-state index in [0.717, 1.165) is 56.2 Å². The number of likely N-dealkylation sites (tertiary alicyclic amines) is 1. The molecule has 504 valence electrons. The Morgan fingerprint density at radius 3 is 2.03 bits per heavy atom. The van der Waals surface area contributed by atoms with Gasteiger partial charge in [-0.2, -0.15) is 0 Å². The third-order valence-corrected chi connectivity index (χ3v) is 22.0. The second kappa shape index (κ2) is 31.7. The van der Waals surface area contributed by atoms with Crippen molar-refractivity contribution >= 4 is 54.5 Å². The summed E-state index contributed by atoms with van der Waals surface area (Å²) in [4.78, 5) is 83.4. The van der Waals surface area contributed by atoms with Crippen LogP contribution >= 0.6 is 7.60 Å². The summed E-state index contributed by atoms with van der Waals surface area (Å²) in [5, 5.41) is 9.02. The number of benzene rings is 5. The topological polar surface area (TPSA) is 234 Å². The highest BCUT2D eigenvalue weighted by Crippen LogP contribution is 2.54. The lowest BCUT2D eigenvalue weighted by Gasteiger charge is -2.37. The van der Waals surface area contributed by atoms with Crippen molar-refractivity contribution < 1.29 is 37.6 Å². The Morgan fingerprint density at radius 1 is 0.674 bits per heavy atom. The summed E-state index contributed by atoms with van der Waals surface area (Å²) in [6, 6.07) is 40.5. The van der Waals surface area contributed by atoms with Gasteiger partial charge in [0, 0.05) is 86.4 Å². The van der Waals surface area contributed by atoms with E-state index < -0.39 is 43.2 Å². The molecule has 4 aliphatic heterocycles. The Hall–Kier alpha value is -8.63. The van der Waals surface area contributed by atoms with E-state index in [1.165, 1.54) is 28.2 Å². The van der Waals surface area contributed by atoms with Crippen molar-refractivity contribution in [1.82, 2.24) is 25.8 Å². The first-order chi connectivity index (χ1) is 45.8. The van der Waals surface area contributed by atoms with Gasteiger partial charge in [0.1, 0.15) is 23.6 Å². The molecule has 1 aliphatic carbocycles. The number of carbonyl (C=O) groups is 5. The van der Waals surface area contributed by atoms with E-state index in [1.807, 2.05) is 24.3 Å². The number of carbonyl (C=O) groups excluding carboxylic acids is 5. The number of likely N-dealkylation sites (N-methyl/N-ethyl adjacent to an activating group) is 1. The van der Waals surface area contributed by atoms with Crippen molar-refractivity contribution in [3.8, 4) is 11.5 Å². The third-order valence-electron chi connectivity index (χ3n) is 19.9. The molecule has 0 aromatic heterocycles. The largest absolute Gasteiger partial charge is 0.452 e. The number of unbranched alkanes of at least 4 members (excludes halogenated alkanes) is 4. The summed E-state index contributed by atoms with van der Waals surface area (Å²) in [5.41, 5.74) is 19.5. The quantitative estimate of drug-likeness (QED) is 0.00989. The van der Waals surface area contributed by atoms with Crippen LogP contribution in [-0.2, 0) is 52.3 Å². The van der Waals surface area contributed by atoms with Gasteiger partial charge in [0.05, 0.1) is 12.6 Å². The zero-order chi connectivity index (χ0) is 67.1. The molecule has 1 saturated heterocycles. The second-order valence-electron chi connectivity index (χ2n) is 27.1. The van der Waals surface area contributed by atoms with Crippen LogP contribution in [0.15, 0.2) is 175 Å². The average Bonchev–Trinajstić information content (AvgIpc) is 1.63. The molecule has 18 nitrogen and oxygen atoms in total. The molecular weight excluding hydrogens is 1210 g/mol. The first-order valence-electron chi connectivity index (χ1n) is 34.3. The van der Waals surface area contributed by atoms with Gasteiger partial charge < -0.3 is 56.1 Å². The number of anilines is 2. The number of rotatable bonds is 29. The predicted molar refractivity (Wildman–Crippen MR) is 377 cm³/mol. The maximum absolute atomic E-state index is 15.3. The molecule has 0 radical (unpaired) electrons. The Labute approximate surface area is 561 Å². The number of nitrogens with two attached hydrogens (primary N) is 2. The monoisotopic (exact) mass is 1310 g/mol. The van der Waals surface area contributed by atoms with Crippen LogP contribution in [-0.4, -0.2) is 108 Å². The van der Waals surface area contributed by atoms with Crippen molar-refractivity contribution in [2.24, 2.45) is 22.4 Å². The summed E-state index contributed by atoms with van der Waals surface area (Å²) in [6.45, 7) is 10.7. The molecular formula is C76H97N10O8P. The number of nitrogens with one attached hydrogen (secondary N) is 3. The van der Waals surface area contributed by atoms with Crippen LogP contribution in [0.25, 0.3) is 0 Å². The van der Waals surface area contributed by atoms with E-state index in [9.17, 15) is 24.0 Å². The minimum absolute atomic E-state index is 0.0282. The Bertz CT molecular complexity index is 3620. The summed E-state index contributed by atoms with van der Waals surface area (Å²) in [5.74, 6) is -2.23. The average molecular weight is 1310 g/mol. The van der Waals surface area contributed by atoms with Crippen molar-refractivity contribution in [1.29, 1.82) is 0 Å². The summed E-state index contributed by atoms with van der Waals surface area (Å²) < 4.78 is 27.7. The Morgan fingerprint density at radius 2 is 1.32 bits per heavy atom. The number of fused-ring (bicyclic) bond motifs is 4. The van der Waals surface area contributed by atoms with E-state index >= 15 is 4.57 Å². The van der Waals surface area contributed by atoms with Crippen LogP contribution in [0.5, 0.6) is 11.5 Å². The minimum Gasteiger partial charge on any atom is -0.415 e. The number of allylic oxidation sites excluding steroid dienone is 5. The van der Waals surface area contributed by atoms with E-state index in [1.54, 1.807) is 70.5 Å². The lowest BCUT2D eigenvalue weighted by atomic mass is 9.80. The molecule has 5 aliphatic rings. The fraction of sp³-hybridized carbons (Fsp3) is 0.447. The normalized spacial score (nSPS) is 20.8. The molecule has 7 N–H and O–H groups in total. The molecule has 6 atom stereocenters. The van der Waals surface area contributed by atoms with Gasteiger partial charge in [0.2, 0.25) is 29.5 Å². The predicted octanol–water partition coefficient (Wildman–Crippen LogP) is 11.9. The van der Waals surface area contributed by atoms with Gasteiger partial charge in [-0.25, -0.2) is 4.57 Å². The number of nitrogens with zero attached hydrogens (tertiary/aromatic N) is 5. The first-order valence-corrected chi connectivity index (χ1v) is 35.9. The number of aliphatic imine (C=N–C) groups is 1. The molecule has 5 aromatic rings. The van der Waals surface area contributed by atoms with Crippen molar-refractivity contribution in [2.75, 3.05) is 43.0 Å². The number of amides is 5. The molecule has 1 saturated carbocycles. The van der Waals surface area contributed by atoms with Crippen LogP contribution in [0, 0.1) is 5.92 Å². The van der Waals surface area contributed by atoms with Gasteiger partial charge in [-0.05, 0) is 128 Å². The SMILES string of the molecule is CN1\C(=C/C=C/C=C/C2N(CCCCCC(=O)NCCCCCC(=O)N3Cc4ccccc4C[C@H]3C(=O)NCC(=O)N3C4CCCCC4C[C@H]3C(=O)NC(CCCN=C(N)N)P(=O)(Oc3ccccc3)Oc3ccccc3)c3ccccc3C2(C)C)C(C)(C)c2ccccc21. The van der Waals surface area contributed by atoms with Gasteiger partial charge in [0.15, 0.2) is 11.7 Å². The minimum atomic E-state index is -4.29. The lowest BCUT2D eigenvalue weighted by Crippen LogP contribution is -2.56. The van der Waals surface area contributed by atoms with Gasteiger partial charge in [0.25, 0.3) is 0 Å². The van der Waals surface area contributed by atoms with Crippen LogP contribution in [0.2, 0.25) is 0 Å². The maximum atomic E-state index is 15.3. The molecule has 19 heteroatoms. The summed E-state index contributed by atoms with van der Waals surface area (Å²) >= 11 is 0. The summed E-state index contributed by atoms with van der Waals surface area (Å²) in [6.07, 6.45) is 20.8. The zero-order valence-electron chi connectivity index (χ0n) is 56.0. The number of hydrogen-bond acceptors (Lipinski definition) is 11. The van der Waals surface area contributed by atoms with Crippen molar-refractivity contribution in [3.63, 3.8) is 0 Å². The van der Waals surface area contributed by atoms with Crippen LogP contribution in [0.3, 0.4) is 0 Å². The van der Waals surface area contributed by atoms with Crippen LogP contribution in [0.4, 0.5) is 11.4 Å². The summed E-state index contributed by atoms with van der Waals surface area (Å²) in [7, 11) is -2.14. The lowest BCUT2D eigenvalue weighted by molar-refractivity contribution is -0.144. The fourth-order valence-corrected chi connectivity index (χ4v) is 16.9. The smallest absolute Gasteiger partial charge is 0.415 e. The zero-order valence-corrected chi connectivity index (χ0v) is 56.9. The molecule has 4 unspecified atom stereocenters. The Kier molecular flexibility index (Phi) is 23.1. The Balaban J connectivity index is 0.693. The molecule has 10 rings (SSSR count). The fourth-order valence-electron chi connectivity index (χ4n) is 14.9. The molecule has 0 spiro atoms. The number of para-hydroxylation sites is 4. The molecule has 4 heterocycles. The first kappa shape index (κ1) is 69.2. The van der Waals surface area contributed by atoms with E-state index in [0.29, 0.717) is 51.5 Å². The van der Waals surface area contributed by atoms with Gasteiger partial charge in [-0.15, -0.1) is 0 Å². The number of guanidine groups is 1. The van der Waals surface area contributed by atoms with Crippen LogP contribution < -0.4 is 46.3 Å². The highest BCUT2D eigenvalue weighted by Gasteiger charge is 2.50. The van der Waals surface area contributed by atoms with E-state index in [-0.39, 0.29) is 97.0 Å². The van der Waals surface area contributed by atoms with Gasteiger partial charge in [-0.3, -0.25) is 29.0 Å². The highest BCUT2D eigenvalue weighted by molar-refractivity contribution is 7.55. The van der Waals surface area contributed by atoms with Crippen molar-refractivity contribution in [3.05, 3.63) is 192 Å². The second-order valence-corrected chi connectivity index (χ2v) is 29.2. The van der Waals surface area contributed by atoms with E-state index in [4.69, 9.17) is 20.5 Å². The number of hydrogen-bond donors (Lipinski definition) is 5. The van der Waals surface area contributed by atoms with Crippen molar-refractivity contribution in [2.45, 2.75) is 178 Å². The standard InChI is InChI=1S/C76H97N10O8P/c1-75(2)59-37-22-25-40-62(59)83(5)66(75)42-15-8-16-43-67-76(3,4)60-38-23-26-41-63(60)84(67)49-28-10-17-44-68(87)79-47-27-9-18-46-70(88)85-53-56-32-20-19-30-54(56)50-64(85)72(90)81-52-71(89)86-61-39-24-21-31-55(61)51-65(86)73(91)82-69(45-29-48-80-74(77)78)95(92,93-57-33-11-6-12-34-57)94-58-35-13-7-14-36-58/h6-8,11-16,19-20,22-23,25-26,30,32-38,40-43,55,61,64-65,67,69H,9-10,17-18,21,24,27-29,31,39,44-53H2,1-5H3,(H,79,87)(H,81,90)(H,82,91)(H4,77,78,80)/b15-8+,43-16+,66-42-/t55?,61?,64-,65-,67?,69?/m0/s1. The van der Waals surface area contributed by atoms with Gasteiger partial charge >= 0.3 is 7.60 Å². The van der Waals surface area contributed by atoms with E-state index in [2.05, 4.69) is 144 Å². The molecule has 5 aromatic carbocycles. The maximum Gasteiger partial charge on any atom is 0.452 e.